The van der Waals surface area contributed by atoms with Crippen molar-refractivity contribution in [3.8, 4) is 6.01 Å². The first-order chi connectivity index (χ1) is 9.51. The van der Waals surface area contributed by atoms with E-state index >= 15 is 0 Å². The molecule has 2 heterocycles. The lowest BCUT2D eigenvalue weighted by Gasteiger charge is -2.23. The first-order valence-corrected chi connectivity index (χ1v) is 7.49. The molecular weight excluding hydrogens is 298 g/mol. The molecule has 2 rings (SSSR count). The summed E-state index contributed by atoms with van der Waals surface area (Å²) in [4.78, 5) is 16.5. The van der Waals surface area contributed by atoms with E-state index in [1.165, 1.54) is 0 Å². The van der Waals surface area contributed by atoms with Crippen molar-refractivity contribution in [1.29, 1.82) is 0 Å². The van der Waals surface area contributed by atoms with Gasteiger partial charge in [-0.15, -0.1) is 11.3 Å². The van der Waals surface area contributed by atoms with Gasteiger partial charge in [-0.25, -0.2) is 4.98 Å². The molecule has 1 N–H and O–H groups in total. The van der Waals surface area contributed by atoms with Gasteiger partial charge in [0.25, 0.3) is 0 Å². The summed E-state index contributed by atoms with van der Waals surface area (Å²) in [6.07, 6.45) is 2.64. The molecule has 0 aliphatic heterocycles. The van der Waals surface area contributed by atoms with E-state index < -0.39 is 5.54 Å². The maximum atomic E-state index is 5.89. The van der Waals surface area contributed by atoms with Gasteiger partial charge in [0.15, 0.2) is 0 Å². The van der Waals surface area contributed by atoms with E-state index in [1.54, 1.807) is 17.5 Å². The van der Waals surface area contributed by atoms with Crippen molar-refractivity contribution < 1.29 is 4.74 Å². The zero-order valence-corrected chi connectivity index (χ0v) is 13.1. The van der Waals surface area contributed by atoms with Gasteiger partial charge in [-0.05, 0) is 31.9 Å². The molecule has 0 aliphatic carbocycles. The Hall–Kier alpha value is -1.47. The van der Waals surface area contributed by atoms with Crippen LogP contribution in [-0.2, 0) is 5.54 Å². The Morgan fingerprint density at radius 1 is 1.35 bits per heavy atom. The highest BCUT2D eigenvalue weighted by Gasteiger charge is 2.24. The standard InChI is InChI=1S/C12H16ClN5OS/c1-4-6-19-11-16-9(13)15-10(17-11)18-12(2,3)8-14-5-7-20-8/h5,7H,4,6H2,1-3H3,(H,15,16,17,18). The third kappa shape index (κ3) is 3.77. The summed E-state index contributed by atoms with van der Waals surface area (Å²) in [5, 5.41) is 6.16. The monoisotopic (exact) mass is 313 g/mol. The molecule has 0 amide bonds. The van der Waals surface area contributed by atoms with Gasteiger partial charge in [0.1, 0.15) is 5.01 Å². The van der Waals surface area contributed by atoms with Crippen molar-refractivity contribution in [2.75, 3.05) is 11.9 Å². The van der Waals surface area contributed by atoms with Crippen LogP contribution in [0.15, 0.2) is 11.6 Å². The molecule has 6 nitrogen and oxygen atoms in total. The van der Waals surface area contributed by atoms with Gasteiger partial charge in [0, 0.05) is 11.6 Å². The maximum Gasteiger partial charge on any atom is 0.322 e. The van der Waals surface area contributed by atoms with Crippen LogP contribution in [0.4, 0.5) is 5.95 Å². The molecule has 0 radical (unpaired) electrons. The van der Waals surface area contributed by atoms with E-state index in [1.807, 2.05) is 26.2 Å². The second-order valence-electron chi connectivity index (χ2n) is 4.65. The van der Waals surface area contributed by atoms with Crippen LogP contribution in [0, 0.1) is 0 Å². The highest BCUT2D eigenvalue weighted by Crippen LogP contribution is 2.26. The number of anilines is 1. The third-order valence-corrected chi connectivity index (χ3v) is 3.68. The van der Waals surface area contributed by atoms with Crippen molar-refractivity contribution in [2.45, 2.75) is 32.7 Å². The Balaban J connectivity index is 2.18. The van der Waals surface area contributed by atoms with Crippen molar-refractivity contribution in [1.82, 2.24) is 19.9 Å². The van der Waals surface area contributed by atoms with Crippen LogP contribution in [0.5, 0.6) is 6.01 Å². The number of ether oxygens (including phenoxy) is 1. The summed E-state index contributed by atoms with van der Waals surface area (Å²) in [7, 11) is 0. The molecule has 8 heteroatoms. The Kier molecular flexibility index (Phi) is 4.72. The molecule has 0 atom stereocenters. The number of thiazole rings is 1. The fraction of sp³-hybridized carbons (Fsp3) is 0.500. The SMILES string of the molecule is CCCOc1nc(Cl)nc(NC(C)(C)c2nccs2)n1. The lowest BCUT2D eigenvalue weighted by molar-refractivity contribution is 0.291. The minimum atomic E-state index is -0.402. The molecule has 0 fully saturated rings. The second-order valence-corrected chi connectivity index (χ2v) is 5.88. The van der Waals surface area contributed by atoms with Gasteiger partial charge in [-0.1, -0.05) is 6.92 Å². The number of aromatic nitrogens is 4. The zero-order valence-electron chi connectivity index (χ0n) is 11.6. The van der Waals surface area contributed by atoms with E-state index in [0.717, 1.165) is 11.4 Å². The molecule has 0 unspecified atom stereocenters. The van der Waals surface area contributed by atoms with E-state index in [0.29, 0.717) is 12.6 Å². The molecule has 108 valence electrons. The summed E-state index contributed by atoms with van der Waals surface area (Å²) in [5.74, 6) is 0.372. The smallest absolute Gasteiger partial charge is 0.322 e. The minimum absolute atomic E-state index is 0.101. The van der Waals surface area contributed by atoms with Crippen molar-refractivity contribution in [2.24, 2.45) is 0 Å². The molecule has 0 spiro atoms. The molecule has 0 aliphatic rings. The quantitative estimate of drug-likeness (QED) is 0.883. The Labute approximate surface area is 126 Å². The molecule has 20 heavy (non-hydrogen) atoms. The van der Waals surface area contributed by atoms with Crippen LogP contribution in [0.25, 0.3) is 0 Å². The Bertz CT molecular complexity index is 561. The minimum Gasteiger partial charge on any atom is -0.463 e. The van der Waals surface area contributed by atoms with Gasteiger partial charge in [-0.2, -0.15) is 15.0 Å². The number of nitrogens with zero attached hydrogens (tertiary/aromatic N) is 4. The molecule has 0 saturated heterocycles. The van der Waals surface area contributed by atoms with Gasteiger partial charge >= 0.3 is 6.01 Å². The van der Waals surface area contributed by atoms with Crippen LogP contribution >= 0.6 is 22.9 Å². The van der Waals surface area contributed by atoms with E-state index in [4.69, 9.17) is 16.3 Å². The Morgan fingerprint density at radius 3 is 2.80 bits per heavy atom. The van der Waals surface area contributed by atoms with E-state index in [2.05, 4.69) is 25.3 Å². The van der Waals surface area contributed by atoms with Gasteiger partial charge in [-0.3, -0.25) is 0 Å². The average Bonchev–Trinajstić information content (AvgIpc) is 2.89. The molecule has 2 aromatic heterocycles. The number of hydrogen-bond acceptors (Lipinski definition) is 7. The zero-order chi connectivity index (χ0) is 14.6. The summed E-state index contributed by atoms with van der Waals surface area (Å²) < 4.78 is 5.38. The molecule has 0 aromatic carbocycles. The predicted octanol–water partition coefficient (Wildman–Crippen LogP) is 3.12. The normalized spacial score (nSPS) is 11.4. The average molecular weight is 314 g/mol. The number of nitrogens with one attached hydrogen (secondary N) is 1. The first-order valence-electron chi connectivity index (χ1n) is 6.24. The summed E-state index contributed by atoms with van der Waals surface area (Å²) in [6, 6.07) is 0.226. The summed E-state index contributed by atoms with van der Waals surface area (Å²) in [6.45, 7) is 6.54. The van der Waals surface area contributed by atoms with E-state index in [9.17, 15) is 0 Å². The van der Waals surface area contributed by atoms with Crippen LogP contribution in [-0.4, -0.2) is 26.5 Å². The van der Waals surface area contributed by atoms with E-state index in [-0.39, 0.29) is 11.3 Å². The molecule has 0 saturated carbocycles. The summed E-state index contributed by atoms with van der Waals surface area (Å²) >= 11 is 7.45. The predicted molar refractivity (Wildman–Crippen MR) is 79.4 cm³/mol. The number of rotatable bonds is 6. The lowest BCUT2D eigenvalue weighted by atomic mass is 10.1. The van der Waals surface area contributed by atoms with Crippen molar-refractivity contribution in [3.63, 3.8) is 0 Å². The van der Waals surface area contributed by atoms with Crippen molar-refractivity contribution >= 4 is 28.9 Å². The summed E-state index contributed by atoms with van der Waals surface area (Å²) in [5.41, 5.74) is -0.402. The maximum absolute atomic E-state index is 5.89. The second kappa shape index (κ2) is 6.32. The highest BCUT2D eigenvalue weighted by molar-refractivity contribution is 7.09. The fourth-order valence-corrected chi connectivity index (χ4v) is 2.38. The van der Waals surface area contributed by atoms with Crippen molar-refractivity contribution in [3.05, 3.63) is 21.9 Å². The Morgan fingerprint density at radius 2 is 2.15 bits per heavy atom. The third-order valence-electron chi connectivity index (χ3n) is 2.41. The molecule has 0 bridgehead atoms. The largest absolute Gasteiger partial charge is 0.463 e. The molecular formula is C12H16ClN5OS. The first kappa shape index (κ1) is 14.9. The van der Waals surface area contributed by atoms with Gasteiger partial charge in [0.2, 0.25) is 11.2 Å². The topological polar surface area (TPSA) is 72.8 Å². The van der Waals surface area contributed by atoms with Crippen LogP contribution in [0.1, 0.15) is 32.2 Å². The van der Waals surface area contributed by atoms with Crippen LogP contribution in [0.3, 0.4) is 0 Å². The van der Waals surface area contributed by atoms with Gasteiger partial charge < -0.3 is 10.1 Å². The van der Waals surface area contributed by atoms with Crippen LogP contribution in [0.2, 0.25) is 5.28 Å². The lowest BCUT2D eigenvalue weighted by Crippen LogP contribution is -2.29. The molecule has 2 aromatic rings. The number of halogens is 1. The fourth-order valence-electron chi connectivity index (χ4n) is 1.51. The van der Waals surface area contributed by atoms with Crippen LogP contribution < -0.4 is 10.1 Å². The number of hydrogen-bond donors (Lipinski definition) is 1. The van der Waals surface area contributed by atoms with Gasteiger partial charge in [0.05, 0.1) is 12.1 Å². The highest BCUT2D eigenvalue weighted by atomic mass is 35.5.